The van der Waals surface area contributed by atoms with Crippen molar-refractivity contribution in [2.24, 2.45) is 7.05 Å². The third-order valence-corrected chi connectivity index (χ3v) is 3.74. The molecule has 1 atom stereocenters. The van der Waals surface area contributed by atoms with Gasteiger partial charge in [-0.3, -0.25) is 4.68 Å². The Morgan fingerprint density at radius 1 is 1.44 bits per heavy atom. The number of hydrogen-bond acceptors (Lipinski definition) is 2. The fourth-order valence-corrected chi connectivity index (χ4v) is 2.58. The number of aliphatic hydroxyl groups is 1. The summed E-state index contributed by atoms with van der Waals surface area (Å²) in [4.78, 5) is 0. The van der Waals surface area contributed by atoms with Crippen LogP contribution in [0.3, 0.4) is 0 Å². The number of halogens is 1. The highest BCUT2D eigenvalue weighted by Crippen LogP contribution is 2.23. The van der Waals surface area contributed by atoms with Crippen molar-refractivity contribution in [3.63, 3.8) is 0 Å². The standard InChI is InChI=1S/C12H21BrN2O/c1-4-6-7-9(16)8-11-12(13)10(5-2)14-15(11)3/h9,16H,4-8H2,1-3H3. The lowest BCUT2D eigenvalue weighted by molar-refractivity contribution is 0.159. The molecule has 1 aromatic heterocycles. The molecule has 1 unspecified atom stereocenters. The highest BCUT2D eigenvalue weighted by atomic mass is 79.9. The molecule has 0 saturated carbocycles. The smallest absolute Gasteiger partial charge is 0.0766 e. The van der Waals surface area contributed by atoms with Crippen molar-refractivity contribution in [1.82, 2.24) is 9.78 Å². The Bertz CT molecular complexity index is 336. The van der Waals surface area contributed by atoms with Gasteiger partial charge >= 0.3 is 0 Å². The summed E-state index contributed by atoms with van der Waals surface area (Å²) in [5, 5.41) is 14.3. The number of aromatic nitrogens is 2. The quantitative estimate of drug-likeness (QED) is 0.874. The van der Waals surface area contributed by atoms with Crippen LogP contribution in [0.2, 0.25) is 0 Å². The van der Waals surface area contributed by atoms with Gasteiger partial charge < -0.3 is 5.11 Å². The van der Waals surface area contributed by atoms with Crippen LogP contribution in [0, 0.1) is 0 Å². The van der Waals surface area contributed by atoms with Crippen molar-refractivity contribution in [2.45, 2.75) is 52.1 Å². The minimum atomic E-state index is -0.253. The third-order valence-electron chi connectivity index (χ3n) is 2.82. The number of hydrogen-bond donors (Lipinski definition) is 1. The number of unbranched alkanes of at least 4 members (excludes halogenated alkanes) is 1. The molecule has 0 aliphatic carbocycles. The van der Waals surface area contributed by atoms with Crippen molar-refractivity contribution < 1.29 is 5.11 Å². The van der Waals surface area contributed by atoms with E-state index in [0.29, 0.717) is 6.42 Å². The van der Waals surface area contributed by atoms with Gasteiger partial charge in [-0.25, -0.2) is 0 Å². The van der Waals surface area contributed by atoms with Crippen LogP contribution in [-0.2, 0) is 19.9 Å². The van der Waals surface area contributed by atoms with E-state index in [-0.39, 0.29) is 6.10 Å². The van der Waals surface area contributed by atoms with Gasteiger partial charge in [-0.05, 0) is 28.8 Å². The lowest BCUT2D eigenvalue weighted by Gasteiger charge is -2.10. The van der Waals surface area contributed by atoms with Gasteiger partial charge in [0.2, 0.25) is 0 Å². The van der Waals surface area contributed by atoms with E-state index in [0.717, 1.165) is 41.5 Å². The van der Waals surface area contributed by atoms with E-state index in [9.17, 15) is 5.11 Å². The van der Waals surface area contributed by atoms with Crippen molar-refractivity contribution in [3.05, 3.63) is 15.9 Å². The molecule has 92 valence electrons. The van der Waals surface area contributed by atoms with Crippen LogP contribution in [0.1, 0.15) is 44.5 Å². The predicted molar refractivity (Wildman–Crippen MR) is 69.5 cm³/mol. The molecule has 16 heavy (non-hydrogen) atoms. The van der Waals surface area contributed by atoms with Gasteiger partial charge in [0.1, 0.15) is 0 Å². The average Bonchev–Trinajstić information content (AvgIpc) is 2.53. The molecule has 0 amide bonds. The Labute approximate surface area is 106 Å². The summed E-state index contributed by atoms with van der Waals surface area (Å²) in [6.07, 6.45) is 4.43. The van der Waals surface area contributed by atoms with Crippen molar-refractivity contribution >= 4 is 15.9 Å². The maximum Gasteiger partial charge on any atom is 0.0766 e. The van der Waals surface area contributed by atoms with Gasteiger partial charge in [-0.15, -0.1) is 0 Å². The van der Waals surface area contributed by atoms with Crippen LogP contribution in [0.25, 0.3) is 0 Å². The molecule has 0 radical (unpaired) electrons. The van der Waals surface area contributed by atoms with Crippen LogP contribution in [0.5, 0.6) is 0 Å². The first kappa shape index (κ1) is 13.7. The third kappa shape index (κ3) is 3.32. The lowest BCUT2D eigenvalue weighted by atomic mass is 10.1. The molecular formula is C12H21BrN2O. The first-order valence-electron chi connectivity index (χ1n) is 5.98. The Kier molecular flexibility index (Phi) is 5.49. The van der Waals surface area contributed by atoms with E-state index < -0.39 is 0 Å². The van der Waals surface area contributed by atoms with Gasteiger partial charge in [0.05, 0.1) is 22.0 Å². The van der Waals surface area contributed by atoms with Crippen LogP contribution in [0.4, 0.5) is 0 Å². The summed E-state index contributed by atoms with van der Waals surface area (Å²) in [6, 6.07) is 0. The van der Waals surface area contributed by atoms with Crippen LogP contribution < -0.4 is 0 Å². The van der Waals surface area contributed by atoms with Crippen LogP contribution in [0.15, 0.2) is 4.47 Å². The molecule has 0 fully saturated rings. The second-order valence-electron chi connectivity index (χ2n) is 4.18. The second kappa shape index (κ2) is 6.40. The van der Waals surface area contributed by atoms with Gasteiger partial charge in [-0.2, -0.15) is 5.10 Å². The lowest BCUT2D eigenvalue weighted by Crippen LogP contribution is -2.13. The van der Waals surface area contributed by atoms with E-state index in [4.69, 9.17) is 0 Å². The molecule has 1 heterocycles. The zero-order valence-corrected chi connectivity index (χ0v) is 11.9. The summed E-state index contributed by atoms with van der Waals surface area (Å²) in [6.45, 7) is 4.23. The molecule has 0 saturated heterocycles. The maximum atomic E-state index is 9.90. The number of nitrogens with zero attached hydrogens (tertiary/aromatic N) is 2. The summed E-state index contributed by atoms with van der Waals surface area (Å²) >= 11 is 3.56. The van der Waals surface area contributed by atoms with Crippen LogP contribution >= 0.6 is 15.9 Å². The van der Waals surface area contributed by atoms with Crippen molar-refractivity contribution in [3.8, 4) is 0 Å². The monoisotopic (exact) mass is 288 g/mol. The predicted octanol–water partition coefficient (Wildman–Crippen LogP) is 2.84. The molecule has 0 aliphatic heterocycles. The Morgan fingerprint density at radius 3 is 2.62 bits per heavy atom. The van der Waals surface area contributed by atoms with E-state index in [1.54, 1.807) is 0 Å². The average molecular weight is 289 g/mol. The van der Waals surface area contributed by atoms with E-state index >= 15 is 0 Å². The Hall–Kier alpha value is -0.350. The normalized spacial score (nSPS) is 13.1. The zero-order chi connectivity index (χ0) is 12.1. The fraction of sp³-hybridized carbons (Fsp3) is 0.750. The maximum absolute atomic E-state index is 9.90. The van der Waals surface area contributed by atoms with E-state index in [1.807, 2.05) is 11.7 Å². The largest absolute Gasteiger partial charge is 0.393 e. The van der Waals surface area contributed by atoms with E-state index in [2.05, 4.69) is 34.9 Å². The highest BCUT2D eigenvalue weighted by Gasteiger charge is 2.15. The van der Waals surface area contributed by atoms with Crippen molar-refractivity contribution in [2.75, 3.05) is 0 Å². The SMILES string of the molecule is CCCCC(O)Cc1c(Br)c(CC)nn1C. The van der Waals surface area contributed by atoms with Gasteiger partial charge in [0, 0.05) is 13.5 Å². The summed E-state index contributed by atoms with van der Waals surface area (Å²) in [5.74, 6) is 0. The molecule has 1 rings (SSSR count). The molecule has 4 heteroatoms. The van der Waals surface area contributed by atoms with E-state index in [1.165, 1.54) is 0 Å². The molecular weight excluding hydrogens is 268 g/mol. The van der Waals surface area contributed by atoms with Crippen molar-refractivity contribution in [1.29, 1.82) is 0 Å². The summed E-state index contributed by atoms with van der Waals surface area (Å²) < 4.78 is 2.94. The van der Waals surface area contributed by atoms with Gasteiger partial charge in [0.15, 0.2) is 0 Å². The minimum absolute atomic E-state index is 0.253. The first-order valence-corrected chi connectivity index (χ1v) is 6.77. The molecule has 3 nitrogen and oxygen atoms in total. The molecule has 0 bridgehead atoms. The topological polar surface area (TPSA) is 38.1 Å². The minimum Gasteiger partial charge on any atom is -0.393 e. The summed E-state index contributed by atoms with van der Waals surface area (Å²) in [5.41, 5.74) is 2.17. The number of aryl methyl sites for hydroxylation is 2. The van der Waals surface area contributed by atoms with Gasteiger partial charge in [-0.1, -0.05) is 26.7 Å². The molecule has 0 aliphatic rings. The highest BCUT2D eigenvalue weighted by molar-refractivity contribution is 9.10. The molecule has 0 spiro atoms. The molecule has 0 aromatic carbocycles. The number of rotatable bonds is 6. The first-order chi connectivity index (χ1) is 7.60. The summed E-state index contributed by atoms with van der Waals surface area (Å²) in [7, 11) is 1.94. The zero-order valence-electron chi connectivity index (χ0n) is 10.3. The Morgan fingerprint density at radius 2 is 2.12 bits per heavy atom. The van der Waals surface area contributed by atoms with Gasteiger partial charge in [0.25, 0.3) is 0 Å². The second-order valence-corrected chi connectivity index (χ2v) is 4.98. The fourth-order valence-electron chi connectivity index (χ4n) is 1.81. The Balaban J connectivity index is 2.69. The van der Waals surface area contributed by atoms with Crippen LogP contribution in [-0.4, -0.2) is 21.0 Å². The number of aliphatic hydroxyl groups excluding tert-OH is 1. The molecule has 1 aromatic rings. The molecule has 1 N–H and O–H groups in total.